The molecule has 6 nitrogen and oxygen atoms in total. The van der Waals surface area contributed by atoms with Crippen LogP contribution in [-0.2, 0) is 14.3 Å². The van der Waals surface area contributed by atoms with Crippen LogP contribution in [0.2, 0.25) is 0 Å². The van der Waals surface area contributed by atoms with Crippen molar-refractivity contribution in [3.8, 4) is 0 Å². The predicted molar refractivity (Wildman–Crippen MR) is 370 cm³/mol. The maximum atomic E-state index is 12.5. The Hall–Kier alpha value is -1.66. The lowest BCUT2D eigenvalue weighted by Gasteiger charge is -2.20. The molecule has 0 bridgehead atoms. The Morgan fingerprint density at radius 2 is 0.560 bits per heavy atom. The Morgan fingerprint density at radius 1 is 0.321 bits per heavy atom. The number of nitrogens with one attached hydrogen (secondary N) is 1. The SMILES string of the molecule is CCCCCCCCCCCCCCCCCCCCCC/C=C/C(O)C(CO)NC(=O)CCCCCCCCCCCCCC/C=C\CCCCCCCCCCCCCCOC(=O)CCCCCCCCCCCCCCCCCCC. The van der Waals surface area contributed by atoms with Gasteiger partial charge in [-0.05, 0) is 57.8 Å². The highest BCUT2D eigenvalue weighted by molar-refractivity contribution is 5.76. The van der Waals surface area contributed by atoms with Gasteiger partial charge in [0.15, 0.2) is 0 Å². The van der Waals surface area contributed by atoms with Gasteiger partial charge in [-0.25, -0.2) is 0 Å². The maximum Gasteiger partial charge on any atom is 0.305 e. The fourth-order valence-corrected chi connectivity index (χ4v) is 12.3. The van der Waals surface area contributed by atoms with E-state index in [1.165, 1.54) is 372 Å². The largest absolute Gasteiger partial charge is 0.466 e. The molecule has 2 atom stereocenters. The number of hydrogen-bond acceptors (Lipinski definition) is 5. The lowest BCUT2D eigenvalue weighted by Crippen LogP contribution is -2.45. The number of carbonyl (C=O) groups excluding carboxylic acids is 2. The number of unbranched alkanes of at least 4 members (excludes halogenated alkanes) is 60. The summed E-state index contributed by atoms with van der Waals surface area (Å²) >= 11 is 0. The van der Waals surface area contributed by atoms with E-state index in [9.17, 15) is 19.8 Å². The Bertz CT molecular complexity index is 1320. The summed E-state index contributed by atoms with van der Waals surface area (Å²) in [5.41, 5.74) is 0. The van der Waals surface area contributed by atoms with E-state index in [-0.39, 0.29) is 18.5 Å². The van der Waals surface area contributed by atoms with Crippen molar-refractivity contribution >= 4 is 11.9 Å². The lowest BCUT2D eigenvalue weighted by molar-refractivity contribution is -0.143. The van der Waals surface area contributed by atoms with Gasteiger partial charge in [-0.15, -0.1) is 0 Å². The summed E-state index contributed by atoms with van der Waals surface area (Å²) in [6.07, 6.45) is 94.3. The van der Waals surface area contributed by atoms with Gasteiger partial charge in [0.25, 0.3) is 0 Å². The van der Waals surface area contributed by atoms with Gasteiger partial charge in [-0.3, -0.25) is 9.59 Å². The van der Waals surface area contributed by atoms with Gasteiger partial charge in [0.2, 0.25) is 5.91 Å². The molecule has 6 heteroatoms. The molecule has 0 heterocycles. The van der Waals surface area contributed by atoms with Crippen molar-refractivity contribution in [1.29, 1.82) is 0 Å². The molecule has 0 aliphatic carbocycles. The van der Waals surface area contributed by atoms with Crippen LogP contribution >= 0.6 is 0 Å². The minimum atomic E-state index is -0.846. The number of hydrogen-bond donors (Lipinski definition) is 3. The summed E-state index contributed by atoms with van der Waals surface area (Å²) in [7, 11) is 0. The summed E-state index contributed by atoms with van der Waals surface area (Å²) in [6.45, 7) is 4.96. The normalized spacial score (nSPS) is 12.6. The second-order valence-corrected chi connectivity index (χ2v) is 26.7. The van der Waals surface area contributed by atoms with Crippen LogP contribution in [0, 0.1) is 0 Å². The highest BCUT2D eigenvalue weighted by Gasteiger charge is 2.18. The van der Waals surface area contributed by atoms with Crippen molar-refractivity contribution in [2.24, 2.45) is 0 Å². The topological polar surface area (TPSA) is 95.9 Å². The highest BCUT2D eigenvalue weighted by Crippen LogP contribution is 2.20. The molecule has 0 saturated carbocycles. The first-order valence-electron chi connectivity index (χ1n) is 38.6. The Balaban J connectivity index is 3.39. The van der Waals surface area contributed by atoms with E-state index in [0.29, 0.717) is 19.4 Å². The Labute approximate surface area is 526 Å². The zero-order valence-corrected chi connectivity index (χ0v) is 57.2. The van der Waals surface area contributed by atoms with E-state index >= 15 is 0 Å². The van der Waals surface area contributed by atoms with Crippen LogP contribution in [0.4, 0.5) is 0 Å². The molecule has 0 radical (unpaired) electrons. The zero-order valence-electron chi connectivity index (χ0n) is 57.2. The number of rotatable bonds is 73. The quantitative estimate of drug-likeness (QED) is 0.0320. The molecule has 0 fully saturated rings. The average molecular weight is 1180 g/mol. The van der Waals surface area contributed by atoms with Crippen LogP contribution < -0.4 is 5.32 Å². The number of carbonyl (C=O) groups is 2. The molecule has 3 N–H and O–H groups in total. The monoisotopic (exact) mass is 1180 g/mol. The minimum Gasteiger partial charge on any atom is -0.466 e. The van der Waals surface area contributed by atoms with Crippen LogP contribution in [0.25, 0.3) is 0 Å². The van der Waals surface area contributed by atoms with E-state index in [0.717, 1.165) is 38.5 Å². The third kappa shape index (κ3) is 69.4. The summed E-state index contributed by atoms with van der Waals surface area (Å²) < 4.78 is 5.51. The van der Waals surface area contributed by atoms with Crippen molar-refractivity contribution in [1.82, 2.24) is 5.32 Å². The molecule has 0 rings (SSSR count). The van der Waals surface area contributed by atoms with Crippen molar-refractivity contribution in [2.75, 3.05) is 13.2 Å². The fraction of sp³-hybridized carbons (Fsp3) is 0.923. The molecule has 498 valence electrons. The van der Waals surface area contributed by atoms with Gasteiger partial charge in [0.05, 0.1) is 25.4 Å². The number of esters is 1. The highest BCUT2D eigenvalue weighted by atomic mass is 16.5. The first-order chi connectivity index (χ1) is 41.5. The van der Waals surface area contributed by atoms with Gasteiger partial charge in [-0.2, -0.15) is 0 Å². The molecule has 0 aromatic heterocycles. The standard InChI is InChI=1S/C78H151NO5/c1-3-5-7-9-11-13-15-17-19-21-22-23-32-35-39-42-46-50-54-58-62-66-70-76(81)75(74-80)79-77(82)71-67-63-59-55-51-47-43-40-36-33-30-28-26-24-25-27-29-31-34-37-41-45-49-53-57-61-65-69-73-84-78(83)72-68-64-60-56-52-48-44-38-20-18-16-14-12-10-8-6-4-2/h24-25,66,70,75-76,80-81H,3-23,26-65,67-69,71-74H2,1-2H3,(H,79,82)/b25-24-,70-66+. The van der Waals surface area contributed by atoms with Gasteiger partial charge in [0, 0.05) is 12.8 Å². The first kappa shape index (κ1) is 82.3. The summed E-state index contributed by atoms with van der Waals surface area (Å²) in [5.74, 6) is -0.0427. The third-order valence-corrected chi connectivity index (χ3v) is 18.2. The summed E-state index contributed by atoms with van der Waals surface area (Å²) in [5, 5.41) is 23.3. The number of allylic oxidation sites excluding steroid dienone is 3. The number of aliphatic hydroxyl groups is 2. The molecule has 84 heavy (non-hydrogen) atoms. The molecular formula is C78H151NO5. The molecule has 0 aliphatic heterocycles. The van der Waals surface area contributed by atoms with Crippen LogP contribution in [0.3, 0.4) is 0 Å². The van der Waals surface area contributed by atoms with Crippen LogP contribution in [-0.4, -0.2) is 47.4 Å². The number of amides is 1. The molecule has 0 aromatic rings. The molecule has 0 spiro atoms. The smallest absolute Gasteiger partial charge is 0.305 e. The predicted octanol–water partition coefficient (Wildman–Crippen LogP) is 25.3. The van der Waals surface area contributed by atoms with E-state index in [1.54, 1.807) is 6.08 Å². The third-order valence-electron chi connectivity index (χ3n) is 18.2. The zero-order chi connectivity index (χ0) is 60.6. The van der Waals surface area contributed by atoms with E-state index < -0.39 is 12.1 Å². The summed E-state index contributed by atoms with van der Waals surface area (Å²) in [4.78, 5) is 24.6. The van der Waals surface area contributed by atoms with Crippen molar-refractivity contribution in [3.63, 3.8) is 0 Å². The van der Waals surface area contributed by atoms with Crippen LogP contribution in [0.15, 0.2) is 24.3 Å². The van der Waals surface area contributed by atoms with Crippen molar-refractivity contribution in [3.05, 3.63) is 24.3 Å². The molecular weight excluding hydrogens is 1030 g/mol. The Morgan fingerprint density at radius 3 is 0.845 bits per heavy atom. The Kier molecular flexibility index (Phi) is 72.3. The van der Waals surface area contributed by atoms with Crippen LogP contribution in [0.5, 0.6) is 0 Å². The van der Waals surface area contributed by atoms with Gasteiger partial charge in [0.1, 0.15) is 0 Å². The molecule has 0 aliphatic rings. The number of aliphatic hydroxyl groups excluding tert-OH is 2. The van der Waals surface area contributed by atoms with Crippen LogP contribution in [0.1, 0.15) is 438 Å². The molecule has 2 unspecified atom stereocenters. The number of ether oxygens (including phenoxy) is 1. The molecule has 1 amide bonds. The van der Waals surface area contributed by atoms with E-state index in [4.69, 9.17) is 4.74 Å². The molecule has 0 saturated heterocycles. The van der Waals surface area contributed by atoms with Gasteiger partial charge >= 0.3 is 5.97 Å². The molecule has 0 aromatic carbocycles. The lowest BCUT2D eigenvalue weighted by atomic mass is 10.0. The van der Waals surface area contributed by atoms with Gasteiger partial charge < -0.3 is 20.3 Å². The van der Waals surface area contributed by atoms with Crippen molar-refractivity contribution in [2.45, 2.75) is 450 Å². The second-order valence-electron chi connectivity index (χ2n) is 26.7. The maximum absolute atomic E-state index is 12.5. The average Bonchev–Trinajstić information content (AvgIpc) is 3.50. The fourth-order valence-electron chi connectivity index (χ4n) is 12.3. The summed E-state index contributed by atoms with van der Waals surface area (Å²) in [6, 6.07) is -0.629. The van der Waals surface area contributed by atoms with Crippen molar-refractivity contribution < 1.29 is 24.5 Å². The first-order valence-corrected chi connectivity index (χ1v) is 38.6. The van der Waals surface area contributed by atoms with E-state index in [1.807, 2.05) is 6.08 Å². The second kappa shape index (κ2) is 73.8. The van der Waals surface area contributed by atoms with E-state index in [2.05, 4.69) is 31.3 Å². The van der Waals surface area contributed by atoms with Gasteiger partial charge in [-0.1, -0.05) is 391 Å². The minimum absolute atomic E-state index is 0.0205.